The summed E-state index contributed by atoms with van der Waals surface area (Å²) in [5.41, 5.74) is 5.06. The van der Waals surface area contributed by atoms with Crippen molar-refractivity contribution in [1.29, 1.82) is 0 Å². The van der Waals surface area contributed by atoms with Crippen LogP contribution in [0.5, 0.6) is 0 Å². The van der Waals surface area contributed by atoms with Crippen LogP contribution < -0.4 is 5.43 Å². The van der Waals surface area contributed by atoms with E-state index in [1.54, 1.807) is 24.3 Å². The average Bonchev–Trinajstić information content (AvgIpc) is 3.16. The van der Waals surface area contributed by atoms with Gasteiger partial charge in [0, 0.05) is 34.2 Å². The Morgan fingerprint density at radius 3 is 2.58 bits per heavy atom. The number of amides is 1. The number of rotatable bonds is 5. The second kappa shape index (κ2) is 8.59. The third kappa shape index (κ3) is 4.14. The number of benzene rings is 3. The van der Waals surface area contributed by atoms with Crippen molar-refractivity contribution in [3.8, 4) is 11.1 Å². The summed E-state index contributed by atoms with van der Waals surface area (Å²) >= 11 is 12.1. The number of halogens is 2. The second-order valence-electron chi connectivity index (χ2n) is 6.57. The first-order valence-electron chi connectivity index (χ1n) is 9.08. The van der Waals surface area contributed by atoms with Crippen molar-refractivity contribution in [2.45, 2.75) is 0 Å². The van der Waals surface area contributed by atoms with Gasteiger partial charge in [-0.2, -0.15) is 5.10 Å². The molecule has 1 heterocycles. The van der Waals surface area contributed by atoms with Crippen LogP contribution in [0.3, 0.4) is 0 Å². The van der Waals surface area contributed by atoms with Crippen molar-refractivity contribution in [3.63, 3.8) is 0 Å². The van der Waals surface area contributed by atoms with Gasteiger partial charge in [0.05, 0.1) is 21.2 Å². The molecule has 0 saturated heterocycles. The number of nitrogens with one attached hydrogen (secondary N) is 2. The molecule has 4 rings (SSSR count). The molecule has 0 aliphatic carbocycles. The van der Waals surface area contributed by atoms with Gasteiger partial charge in [0.25, 0.3) is 11.6 Å². The number of carbonyl (C=O) groups is 1. The van der Waals surface area contributed by atoms with E-state index in [0.717, 1.165) is 5.56 Å². The highest BCUT2D eigenvalue weighted by atomic mass is 35.5. The molecule has 0 unspecified atom stereocenters. The largest absolute Gasteiger partial charge is 0.350 e. The number of nitrogens with zero attached hydrogens (tertiary/aromatic N) is 2. The Morgan fingerprint density at radius 1 is 1.06 bits per heavy atom. The number of aromatic amines is 1. The predicted octanol–water partition coefficient (Wildman–Crippen LogP) is 5.81. The number of carbonyl (C=O) groups excluding carboxylic acids is 1. The number of non-ortho nitro benzene ring substituents is 1. The van der Waals surface area contributed by atoms with Gasteiger partial charge < -0.3 is 4.98 Å². The first-order valence-corrected chi connectivity index (χ1v) is 9.84. The Balaban J connectivity index is 1.74. The molecule has 0 saturated carbocycles. The highest BCUT2D eigenvalue weighted by Gasteiger charge is 2.21. The monoisotopic (exact) mass is 452 g/mol. The summed E-state index contributed by atoms with van der Waals surface area (Å²) in [5, 5.41) is 16.5. The molecule has 0 spiro atoms. The van der Waals surface area contributed by atoms with Crippen LogP contribution in [-0.2, 0) is 0 Å². The van der Waals surface area contributed by atoms with E-state index in [0.29, 0.717) is 32.1 Å². The van der Waals surface area contributed by atoms with Gasteiger partial charge in [0.1, 0.15) is 5.69 Å². The first-order chi connectivity index (χ1) is 15.0. The maximum atomic E-state index is 12.9. The van der Waals surface area contributed by atoms with Crippen molar-refractivity contribution < 1.29 is 9.72 Å². The van der Waals surface area contributed by atoms with E-state index in [4.69, 9.17) is 23.2 Å². The van der Waals surface area contributed by atoms with Crippen LogP contribution in [-0.4, -0.2) is 22.0 Å². The quantitative estimate of drug-likeness (QED) is 0.226. The number of H-pyrrole nitrogens is 1. The molecule has 154 valence electrons. The molecule has 1 aromatic heterocycles. The van der Waals surface area contributed by atoms with Crippen LogP contribution in [0.25, 0.3) is 22.0 Å². The van der Waals surface area contributed by atoms with Gasteiger partial charge in [-0.25, -0.2) is 5.43 Å². The first kappa shape index (κ1) is 20.6. The lowest BCUT2D eigenvalue weighted by molar-refractivity contribution is -0.384. The van der Waals surface area contributed by atoms with Gasteiger partial charge in [0.2, 0.25) is 0 Å². The molecular weight excluding hydrogens is 439 g/mol. The zero-order valence-electron chi connectivity index (χ0n) is 15.8. The molecule has 1 amide bonds. The fourth-order valence-electron chi connectivity index (χ4n) is 3.20. The molecule has 9 heteroatoms. The van der Waals surface area contributed by atoms with E-state index in [1.807, 2.05) is 30.3 Å². The van der Waals surface area contributed by atoms with Crippen LogP contribution in [0.4, 0.5) is 5.69 Å². The van der Waals surface area contributed by atoms with Gasteiger partial charge in [-0.05, 0) is 17.7 Å². The lowest BCUT2D eigenvalue weighted by atomic mass is 10.0. The fraction of sp³-hybridized carbons (Fsp3) is 0. The second-order valence-corrected chi connectivity index (χ2v) is 7.36. The molecule has 7 nitrogen and oxygen atoms in total. The van der Waals surface area contributed by atoms with Crippen LogP contribution in [0.1, 0.15) is 16.1 Å². The highest BCUT2D eigenvalue weighted by molar-refractivity contribution is 6.43. The van der Waals surface area contributed by atoms with Crippen molar-refractivity contribution in [2.75, 3.05) is 0 Å². The average molecular weight is 453 g/mol. The molecule has 3 aromatic carbocycles. The Labute approximate surface area is 186 Å². The standard InChI is InChI=1S/C22H14Cl2N4O3/c23-17-8-4-7-14(20(17)24)12-25-27-22(29)21-19(13-5-2-1-3-6-13)16-11-15(28(30)31)9-10-18(16)26-21/h1-12,26H,(H,27,29)/b25-12-. The van der Waals surface area contributed by atoms with Crippen molar-refractivity contribution >= 4 is 51.9 Å². The summed E-state index contributed by atoms with van der Waals surface area (Å²) in [7, 11) is 0. The molecule has 4 aromatic rings. The molecule has 0 bridgehead atoms. The Kier molecular flexibility index (Phi) is 5.70. The molecule has 0 radical (unpaired) electrons. The summed E-state index contributed by atoms with van der Waals surface area (Å²) in [6, 6.07) is 18.6. The number of hydrogen-bond donors (Lipinski definition) is 2. The molecular formula is C22H14Cl2N4O3. The van der Waals surface area contributed by atoms with E-state index >= 15 is 0 Å². The van der Waals surface area contributed by atoms with Gasteiger partial charge in [-0.1, -0.05) is 65.7 Å². The number of fused-ring (bicyclic) bond motifs is 1. The van der Waals surface area contributed by atoms with Gasteiger partial charge >= 0.3 is 0 Å². The number of hydrazone groups is 1. The fourth-order valence-corrected chi connectivity index (χ4v) is 3.56. The minimum absolute atomic E-state index is 0.0655. The Bertz CT molecular complexity index is 1330. The lowest BCUT2D eigenvalue weighted by Crippen LogP contribution is -2.18. The van der Waals surface area contributed by atoms with Gasteiger partial charge in [-0.15, -0.1) is 0 Å². The highest BCUT2D eigenvalue weighted by Crippen LogP contribution is 2.34. The SMILES string of the molecule is O=C(N/N=C\c1cccc(Cl)c1Cl)c1[nH]c2ccc([N+](=O)[O-])cc2c1-c1ccccc1. The minimum Gasteiger partial charge on any atom is -0.350 e. The minimum atomic E-state index is -0.507. The van der Waals surface area contributed by atoms with Crippen molar-refractivity contribution in [2.24, 2.45) is 5.10 Å². The summed E-state index contributed by atoms with van der Waals surface area (Å²) in [5.74, 6) is -0.507. The number of hydrogen-bond acceptors (Lipinski definition) is 4. The third-order valence-electron chi connectivity index (χ3n) is 4.63. The summed E-state index contributed by atoms with van der Waals surface area (Å²) < 4.78 is 0. The van der Waals surface area contributed by atoms with Crippen molar-refractivity contribution in [1.82, 2.24) is 10.4 Å². The zero-order valence-corrected chi connectivity index (χ0v) is 17.3. The molecule has 2 N–H and O–H groups in total. The Morgan fingerprint density at radius 2 is 1.84 bits per heavy atom. The van der Waals surface area contributed by atoms with Crippen LogP contribution in [0, 0.1) is 10.1 Å². The van der Waals surface area contributed by atoms with E-state index in [2.05, 4.69) is 15.5 Å². The molecule has 0 atom stereocenters. The maximum absolute atomic E-state index is 12.9. The number of nitro benzene ring substituents is 1. The topological polar surface area (TPSA) is 100 Å². The molecule has 31 heavy (non-hydrogen) atoms. The van der Waals surface area contributed by atoms with E-state index < -0.39 is 10.8 Å². The summed E-state index contributed by atoms with van der Waals surface area (Å²) in [4.78, 5) is 26.7. The zero-order chi connectivity index (χ0) is 22.0. The lowest BCUT2D eigenvalue weighted by Gasteiger charge is -2.05. The van der Waals surface area contributed by atoms with Crippen LogP contribution in [0.15, 0.2) is 71.8 Å². The van der Waals surface area contributed by atoms with E-state index in [-0.39, 0.29) is 11.4 Å². The molecule has 0 aliphatic rings. The number of aromatic nitrogens is 1. The van der Waals surface area contributed by atoms with Gasteiger partial charge in [0.15, 0.2) is 0 Å². The van der Waals surface area contributed by atoms with Crippen LogP contribution in [0.2, 0.25) is 10.0 Å². The smallest absolute Gasteiger partial charge is 0.288 e. The third-order valence-corrected chi connectivity index (χ3v) is 5.47. The summed E-state index contributed by atoms with van der Waals surface area (Å²) in [6.07, 6.45) is 1.39. The Hall–Kier alpha value is -3.68. The number of nitro groups is 1. The molecule has 0 fully saturated rings. The van der Waals surface area contributed by atoms with Crippen LogP contribution >= 0.6 is 23.2 Å². The normalized spacial score (nSPS) is 11.2. The van der Waals surface area contributed by atoms with E-state index in [1.165, 1.54) is 18.3 Å². The summed E-state index contributed by atoms with van der Waals surface area (Å²) in [6.45, 7) is 0. The predicted molar refractivity (Wildman–Crippen MR) is 122 cm³/mol. The maximum Gasteiger partial charge on any atom is 0.288 e. The van der Waals surface area contributed by atoms with Gasteiger partial charge in [-0.3, -0.25) is 14.9 Å². The van der Waals surface area contributed by atoms with E-state index in [9.17, 15) is 14.9 Å². The molecule has 0 aliphatic heterocycles. The van der Waals surface area contributed by atoms with Crippen molar-refractivity contribution in [3.05, 3.63) is 98.1 Å².